The molecule has 1 aliphatic heterocycles. The second-order valence-corrected chi connectivity index (χ2v) is 4.14. The molecule has 0 amide bonds. The van der Waals surface area contributed by atoms with Crippen LogP contribution < -0.4 is 5.32 Å². The number of aryl methyl sites for hydroxylation is 1. The molecule has 1 aromatic carbocycles. The van der Waals surface area contributed by atoms with Gasteiger partial charge in [0, 0.05) is 12.1 Å². The molecule has 2 rings (SSSR count). The zero-order valence-electron chi connectivity index (χ0n) is 7.94. The van der Waals surface area contributed by atoms with E-state index in [1.54, 1.807) is 0 Å². The van der Waals surface area contributed by atoms with E-state index >= 15 is 0 Å². The summed E-state index contributed by atoms with van der Waals surface area (Å²) in [6.07, 6.45) is 0. The Kier molecular flexibility index (Phi) is 1.52. The van der Waals surface area contributed by atoms with Crippen molar-refractivity contribution < 1.29 is 0 Å². The quantitative estimate of drug-likeness (QED) is 0.615. The molecule has 1 aliphatic rings. The molecular weight excluding hydrogens is 146 g/mol. The maximum atomic E-state index is 3.49. The molecule has 1 heterocycles. The summed E-state index contributed by atoms with van der Waals surface area (Å²) in [5.41, 5.74) is 4.43. The summed E-state index contributed by atoms with van der Waals surface area (Å²) in [4.78, 5) is 0. The topological polar surface area (TPSA) is 12.0 Å². The van der Waals surface area contributed by atoms with E-state index in [1.807, 2.05) is 0 Å². The highest BCUT2D eigenvalue weighted by atomic mass is 15.0. The predicted molar refractivity (Wildman–Crippen MR) is 51.0 cm³/mol. The molecule has 0 saturated carbocycles. The van der Waals surface area contributed by atoms with Crippen LogP contribution in [0.3, 0.4) is 0 Å². The number of nitrogens with one attached hydrogen (secondary N) is 1. The van der Waals surface area contributed by atoms with Crippen molar-refractivity contribution in [1.82, 2.24) is 5.32 Å². The van der Waals surface area contributed by atoms with Crippen LogP contribution in [-0.4, -0.2) is 0 Å². The molecule has 0 atom stereocenters. The van der Waals surface area contributed by atoms with Crippen LogP contribution >= 0.6 is 0 Å². The molecule has 0 spiro atoms. The van der Waals surface area contributed by atoms with Gasteiger partial charge in [0.1, 0.15) is 0 Å². The molecule has 0 fully saturated rings. The molecule has 12 heavy (non-hydrogen) atoms. The fraction of sp³-hybridized carbons (Fsp3) is 0.455. The third-order valence-electron chi connectivity index (χ3n) is 2.66. The fourth-order valence-electron chi connectivity index (χ4n) is 1.84. The molecule has 0 aromatic heterocycles. The van der Waals surface area contributed by atoms with E-state index in [-0.39, 0.29) is 5.54 Å². The summed E-state index contributed by atoms with van der Waals surface area (Å²) in [5, 5.41) is 3.49. The van der Waals surface area contributed by atoms with E-state index in [1.165, 1.54) is 16.7 Å². The lowest BCUT2D eigenvalue weighted by atomic mass is 9.93. The van der Waals surface area contributed by atoms with E-state index in [0.717, 1.165) is 6.54 Å². The van der Waals surface area contributed by atoms with Gasteiger partial charge in [-0.05, 0) is 31.9 Å². The van der Waals surface area contributed by atoms with Crippen molar-refractivity contribution in [2.45, 2.75) is 32.9 Å². The Morgan fingerprint density at radius 3 is 2.83 bits per heavy atom. The Hall–Kier alpha value is -0.820. The Morgan fingerprint density at radius 2 is 2.08 bits per heavy atom. The molecule has 1 N–H and O–H groups in total. The highest BCUT2D eigenvalue weighted by Crippen LogP contribution is 2.30. The van der Waals surface area contributed by atoms with Gasteiger partial charge in [0.25, 0.3) is 0 Å². The van der Waals surface area contributed by atoms with Gasteiger partial charge in [-0.3, -0.25) is 0 Å². The van der Waals surface area contributed by atoms with Gasteiger partial charge in [-0.1, -0.05) is 23.8 Å². The van der Waals surface area contributed by atoms with Crippen molar-refractivity contribution in [1.29, 1.82) is 0 Å². The third kappa shape index (κ3) is 1.05. The van der Waals surface area contributed by atoms with E-state index < -0.39 is 0 Å². The number of rotatable bonds is 0. The first-order valence-corrected chi connectivity index (χ1v) is 4.45. The minimum atomic E-state index is 0.168. The summed E-state index contributed by atoms with van der Waals surface area (Å²) in [5.74, 6) is 0. The largest absolute Gasteiger partial charge is 0.304 e. The molecule has 0 bridgehead atoms. The van der Waals surface area contributed by atoms with Gasteiger partial charge >= 0.3 is 0 Å². The minimum Gasteiger partial charge on any atom is -0.304 e. The standard InChI is InChI=1S/C11H15N/c1-8-4-5-9-7-12-11(2,3)10(9)6-8/h4-6,12H,7H2,1-3H3. The van der Waals surface area contributed by atoms with Gasteiger partial charge in [-0.25, -0.2) is 0 Å². The van der Waals surface area contributed by atoms with Gasteiger partial charge in [0.05, 0.1) is 0 Å². The normalized spacial score (nSPS) is 19.2. The number of benzene rings is 1. The van der Waals surface area contributed by atoms with Crippen LogP contribution in [0.25, 0.3) is 0 Å². The Labute approximate surface area is 73.8 Å². The van der Waals surface area contributed by atoms with Crippen molar-refractivity contribution >= 4 is 0 Å². The van der Waals surface area contributed by atoms with Gasteiger partial charge in [-0.15, -0.1) is 0 Å². The Bertz CT molecular complexity index is 313. The molecule has 0 unspecified atom stereocenters. The smallest absolute Gasteiger partial charge is 0.0383 e. The average molecular weight is 161 g/mol. The fourth-order valence-corrected chi connectivity index (χ4v) is 1.84. The van der Waals surface area contributed by atoms with Gasteiger partial charge in [-0.2, -0.15) is 0 Å². The Morgan fingerprint density at radius 1 is 1.33 bits per heavy atom. The first-order chi connectivity index (χ1) is 5.59. The molecule has 1 aromatic rings. The molecule has 0 radical (unpaired) electrons. The third-order valence-corrected chi connectivity index (χ3v) is 2.66. The van der Waals surface area contributed by atoms with Crippen LogP contribution in [0.5, 0.6) is 0 Å². The summed E-state index contributed by atoms with van der Waals surface area (Å²) in [6, 6.07) is 6.70. The summed E-state index contributed by atoms with van der Waals surface area (Å²) in [6.45, 7) is 7.63. The zero-order chi connectivity index (χ0) is 8.77. The van der Waals surface area contributed by atoms with Gasteiger partial charge in [0.2, 0.25) is 0 Å². The van der Waals surface area contributed by atoms with Crippen LogP contribution in [0.1, 0.15) is 30.5 Å². The van der Waals surface area contributed by atoms with Crippen LogP contribution in [0.15, 0.2) is 18.2 Å². The van der Waals surface area contributed by atoms with E-state index in [0.29, 0.717) is 0 Å². The van der Waals surface area contributed by atoms with Crippen LogP contribution in [-0.2, 0) is 12.1 Å². The molecule has 1 heteroatoms. The van der Waals surface area contributed by atoms with Crippen molar-refractivity contribution in [3.63, 3.8) is 0 Å². The van der Waals surface area contributed by atoms with Crippen LogP contribution in [0.4, 0.5) is 0 Å². The second kappa shape index (κ2) is 2.33. The van der Waals surface area contributed by atoms with E-state index in [9.17, 15) is 0 Å². The molecule has 0 saturated heterocycles. The zero-order valence-corrected chi connectivity index (χ0v) is 7.94. The maximum Gasteiger partial charge on any atom is 0.0383 e. The molecule has 1 nitrogen and oxygen atoms in total. The van der Waals surface area contributed by atoms with Gasteiger partial charge in [0.15, 0.2) is 0 Å². The lowest BCUT2D eigenvalue weighted by Crippen LogP contribution is -2.28. The highest BCUT2D eigenvalue weighted by molar-refractivity contribution is 5.39. The number of hydrogen-bond donors (Lipinski definition) is 1. The average Bonchev–Trinajstić information content (AvgIpc) is 2.28. The summed E-state index contributed by atoms with van der Waals surface area (Å²) >= 11 is 0. The molecule has 64 valence electrons. The second-order valence-electron chi connectivity index (χ2n) is 4.14. The van der Waals surface area contributed by atoms with E-state index in [4.69, 9.17) is 0 Å². The number of hydrogen-bond acceptors (Lipinski definition) is 1. The van der Waals surface area contributed by atoms with Crippen LogP contribution in [0.2, 0.25) is 0 Å². The summed E-state index contributed by atoms with van der Waals surface area (Å²) < 4.78 is 0. The summed E-state index contributed by atoms with van der Waals surface area (Å²) in [7, 11) is 0. The lowest BCUT2D eigenvalue weighted by molar-refractivity contribution is 0.442. The molecular formula is C11H15N. The van der Waals surface area contributed by atoms with Crippen molar-refractivity contribution in [2.24, 2.45) is 0 Å². The van der Waals surface area contributed by atoms with E-state index in [2.05, 4.69) is 44.3 Å². The van der Waals surface area contributed by atoms with Crippen molar-refractivity contribution in [3.05, 3.63) is 34.9 Å². The first kappa shape index (κ1) is 7.81. The molecule has 0 aliphatic carbocycles. The lowest BCUT2D eigenvalue weighted by Gasteiger charge is -2.19. The number of fused-ring (bicyclic) bond motifs is 1. The monoisotopic (exact) mass is 161 g/mol. The highest BCUT2D eigenvalue weighted by Gasteiger charge is 2.28. The van der Waals surface area contributed by atoms with Gasteiger partial charge < -0.3 is 5.32 Å². The SMILES string of the molecule is Cc1ccc2c(c1)C(C)(C)NC2. The predicted octanol–water partition coefficient (Wildman–Crippen LogP) is 2.33. The van der Waals surface area contributed by atoms with Crippen molar-refractivity contribution in [3.8, 4) is 0 Å². The first-order valence-electron chi connectivity index (χ1n) is 4.45. The van der Waals surface area contributed by atoms with Crippen LogP contribution in [0, 0.1) is 6.92 Å². The minimum absolute atomic E-state index is 0.168. The Balaban J connectivity index is 2.57. The van der Waals surface area contributed by atoms with Crippen molar-refractivity contribution in [2.75, 3.05) is 0 Å². The maximum absolute atomic E-state index is 3.49.